The molecule has 3 N–H and O–H groups in total. The molecule has 0 radical (unpaired) electrons. The molecule has 4 heterocycles. The zero-order chi connectivity index (χ0) is 17.4. The molecule has 0 aliphatic carbocycles. The number of hydrogen-bond acceptors (Lipinski definition) is 5. The van der Waals surface area contributed by atoms with E-state index >= 15 is 0 Å². The van der Waals surface area contributed by atoms with Crippen LogP contribution in [0.4, 0.5) is 0 Å². The van der Waals surface area contributed by atoms with Gasteiger partial charge in [-0.05, 0) is 37.3 Å². The molecule has 25 heavy (non-hydrogen) atoms. The van der Waals surface area contributed by atoms with Crippen LogP contribution in [0.3, 0.4) is 0 Å². The summed E-state index contributed by atoms with van der Waals surface area (Å²) >= 11 is 0. The maximum atomic E-state index is 11.7. The van der Waals surface area contributed by atoms with E-state index in [1.165, 1.54) is 0 Å². The lowest BCUT2D eigenvalue weighted by Crippen LogP contribution is -2.12. The van der Waals surface area contributed by atoms with Gasteiger partial charge in [-0.25, -0.2) is 4.98 Å². The summed E-state index contributed by atoms with van der Waals surface area (Å²) < 4.78 is 0. The number of fused-ring (bicyclic) bond motifs is 1. The molecule has 0 aromatic carbocycles. The summed E-state index contributed by atoms with van der Waals surface area (Å²) in [7, 11) is 0. The van der Waals surface area contributed by atoms with E-state index < -0.39 is 5.91 Å². The van der Waals surface area contributed by atoms with Gasteiger partial charge in [-0.2, -0.15) is 5.10 Å². The maximum absolute atomic E-state index is 11.7. The average molecular weight is 330 g/mol. The Kier molecular flexibility index (Phi) is 3.46. The van der Waals surface area contributed by atoms with E-state index in [1.807, 2.05) is 37.3 Å². The van der Waals surface area contributed by atoms with Crippen molar-refractivity contribution in [1.82, 2.24) is 25.1 Å². The third-order valence-corrected chi connectivity index (χ3v) is 3.91. The fraction of sp³-hybridized carbons (Fsp3) is 0.0556. The number of hydrogen-bond donors (Lipinski definition) is 2. The first-order valence-corrected chi connectivity index (χ1v) is 7.67. The second kappa shape index (κ2) is 5.79. The van der Waals surface area contributed by atoms with Crippen LogP contribution in [0.1, 0.15) is 16.1 Å². The Hall–Kier alpha value is -3.61. The molecule has 0 spiro atoms. The van der Waals surface area contributed by atoms with Crippen molar-refractivity contribution in [3.63, 3.8) is 0 Å². The van der Waals surface area contributed by atoms with Gasteiger partial charge in [-0.3, -0.25) is 19.9 Å². The summed E-state index contributed by atoms with van der Waals surface area (Å²) in [5, 5.41) is 7.10. The molecule has 0 aliphatic rings. The number of nitrogens with one attached hydrogen (secondary N) is 1. The van der Waals surface area contributed by atoms with Crippen molar-refractivity contribution in [2.45, 2.75) is 6.92 Å². The van der Waals surface area contributed by atoms with E-state index in [0.717, 1.165) is 22.6 Å². The standard InChI is InChI=1S/C18H14N6O/c1-10-3-2-4-15(22-10)17-12(9-21-24-17)13-5-6-14-16(23-13)11(18(19)25)7-8-20-14/h2-9H,1H3,(H2,19,25)(H,21,24). The molecule has 0 bridgehead atoms. The highest BCUT2D eigenvalue weighted by Gasteiger charge is 2.15. The first-order valence-electron chi connectivity index (χ1n) is 7.67. The summed E-state index contributed by atoms with van der Waals surface area (Å²) in [6.07, 6.45) is 3.23. The minimum Gasteiger partial charge on any atom is -0.366 e. The predicted molar refractivity (Wildman–Crippen MR) is 93.6 cm³/mol. The van der Waals surface area contributed by atoms with Crippen molar-refractivity contribution in [1.29, 1.82) is 0 Å². The van der Waals surface area contributed by atoms with Crippen molar-refractivity contribution < 1.29 is 4.79 Å². The number of rotatable bonds is 3. The number of H-pyrrole nitrogens is 1. The van der Waals surface area contributed by atoms with Crippen LogP contribution in [0.25, 0.3) is 33.7 Å². The van der Waals surface area contributed by atoms with Crippen LogP contribution in [0.15, 0.2) is 48.8 Å². The fourth-order valence-electron chi connectivity index (χ4n) is 2.73. The lowest BCUT2D eigenvalue weighted by molar-refractivity contribution is 0.100. The quantitative estimate of drug-likeness (QED) is 0.599. The Balaban J connectivity index is 1.91. The zero-order valence-electron chi connectivity index (χ0n) is 13.4. The topological polar surface area (TPSA) is 110 Å². The Morgan fingerprint density at radius 2 is 1.96 bits per heavy atom. The molecule has 1 amide bonds. The van der Waals surface area contributed by atoms with Crippen LogP contribution in [-0.4, -0.2) is 31.1 Å². The Labute approximate surface area is 143 Å². The molecule has 4 aromatic heterocycles. The molecule has 4 aromatic rings. The fourth-order valence-corrected chi connectivity index (χ4v) is 2.73. The van der Waals surface area contributed by atoms with Crippen LogP contribution in [-0.2, 0) is 0 Å². The van der Waals surface area contributed by atoms with Gasteiger partial charge in [-0.15, -0.1) is 0 Å². The summed E-state index contributed by atoms with van der Waals surface area (Å²) in [4.78, 5) is 25.0. The largest absolute Gasteiger partial charge is 0.366 e. The van der Waals surface area contributed by atoms with Gasteiger partial charge < -0.3 is 5.73 Å². The molecular weight excluding hydrogens is 316 g/mol. The van der Waals surface area contributed by atoms with E-state index in [0.29, 0.717) is 22.3 Å². The first kappa shape index (κ1) is 14.9. The van der Waals surface area contributed by atoms with Crippen molar-refractivity contribution in [3.05, 3.63) is 60.0 Å². The van der Waals surface area contributed by atoms with Gasteiger partial charge in [0.1, 0.15) is 5.52 Å². The molecule has 0 aliphatic heterocycles. The van der Waals surface area contributed by atoms with Gasteiger partial charge in [0.05, 0.1) is 34.4 Å². The minimum atomic E-state index is -0.537. The van der Waals surface area contributed by atoms with E-state index in [-0.39, 0.29) is 0 Å². The number of nitrogens with zero attached hydrogens (tertiary/aromatic N) is 4. The number of pyridine rings is 3. The number of amides is 1. The van der Waals surface area contributed by atoms with Crippen molar-refractivity contribution in [3.8, 4) is 22.6 Å². The van der Waals surface area contributed by atoms with Crippen LogP contribution in [0.5, 0.6) is 0 Å². The van der Waals surface area contributed by atoms with Crippen LogP contribution >= 0.6 is 0 Å². The van der Waals surface area contributed by atoms with Gasteiger partial charge >= 0.3 is 0 Å². The smallest absolute Gasteiger partial charge is 0.251 e. The molecule has 122 valence electrons. The number of primary amides is 1. The zero-order valence-corrected chi connectivity index (χ0v) is 13.4. The molecular formula is C18H14N6O. The van der Waals surface area contributed by atoms with Crippen LogP contribution < -0.4 is 5.73 Å². The molecule has 0 fully saturated rings. The number of carbonyl (C=O) groups excluding carboxylic acids is 1. The SMILES string of the molecule is Cc1cccc(-c2[nH]ncc2-c2ccc3nccc(C(N)=O)c3n2)n1. The van der Waals surface area contributed by atoms with Crippen LogP contribution in [0.2, 0.25) is 0 Å². The lowest BCUT2D eigenvalue weighted by Gasteiger charge is -2.06. The monoisotopic (exact) mass is 330 g/mol. The molecule has 0 unspecified atom stereocenters. The van der Waals surface area contributed by atoms with Crippen LogP contribution in [0, 0.1) is 6.92 Å². The third-order valence-electron chi connectivity index (χ3n) is 3.91. The molecule has 0 saturated carbocycles. The van der Waals surface area contributed by atoms with Crippen molar-refractivity contribution in [2.75, 3.05) is 0 Å². The van der Waals surface area contributed by atoms with E-state index in [1.54, 1.807) is 18.5 Å². The van der Waals surface area contributed by atoms with Gasteiger partial charge in [0.2, 0.25) is 0 Å². The number of aromatic nitrogens is 5. The molecule has 7 nitrogen and oxygen atoms in total. The normalized spacial score (nSPS) is 10.9. The minimum absolute atomic E-state index is 0.338. The summed E-state index contributed by atoms with van der Waals surface area (Å²) in [5.41, 5.74) is 10.8. The predicted octanol–water partition coefficient (Wildman–Crippen LogP) is 2.49. The molecule has 0 atom stereocenters. The average Bonchev–Trinajstić information content (AvgIpc) is 3.10. The van der Waals surface area contributed by atoms with Gasteiger partial charge in [0.25, 0.3) is 5.91 Å². The highest BCUT2D eigenvalue weighted by atomic mass is 16.1. The van der Waals surface area contributed by atoms with Gasteiger partial charge in [-0.1, -0.05) is 6.07 Å². The Morgan fingerprint density at radius 3 is 2.76 bits per heavy atom. The van der Waals surface area contributed by atoms with Crippen molar-refractivity contribution >= 4 is 16.9 Å². The maximum Gasteiger partial charge on any atom is 0.251 e. The number of aryl methyl sites for hydroxylation is 1. The molecule has 7 heteroatoms. The number of nitrogens with two attached hydrogens (primary N) is 1. The highest BCUT2D eigenvalue weighted by Crippen LogP contribution is 2.29. The summed E-state index contributed by atoms with van der Waals surface area (Å²) in [5.74, 6) is -0.537. The van der Waals surface area contributed by atoms with E-state index in [9.17, 15) is 4.79 Å². The first-order chi connectivity index (χ1) is 12.1. The second-order valence-corrected chi connectivity index (χ2v) is 5.61. The second-order valence-electron chi connectivity index (χ2n) is 5.61. The number of aromatic amines is 1. The van der Waals surface area contributed by atoms with Gasteiger partial charge in [0.15, 0.2) is 0 Å². The molecule has 0 saturated heterocycles. The number of carbonyl (C=O) groups is 1. The summed E-state index contributed by atoms with van der Waals surface area (Å²) in [6, 6.07) is 11.0. The lowest BCUT2D eigenvalue weighted by atomic mass is 10.1. The third kappa shape index (κ3) is 2.61. The molecule has 4 rings (SSSR count). The van der Waals surface area contributed by atoms with E-state index in [2.05, 4.69) is 25.1 Å². The van der Waals surface area contributed by atoms with Crippen molar-refractivity contribution in [2.24, 2.45) is 5.73 Å². The Morgan fingerprint density at radius 1 is 1.08 bits per heavy atom. The summed E-state index contributed by atoms with van der Waals surface area (Å²) in [6.45, 7) is 1.93. The van der Waals surface area contributed by atoms with E-state index in [4.69, 9.17) is 5.73 Å². The van der Waals surface area contributed by atoms with Gasteiger partial charge in [0, 0.05) is 17.5 Å². The Bertz CT molecular complexity index is 1100. The highest BCUT2D eigenvalue weighted by molar-refractivity contribution is 6.04.